The quantitative estimate of drug-likeness (QED) is 0.853. The third kappa shape index (κ3) is 2.88. The van der Waals surface area contributed by atoms with Gasteiger partial charge in [0.1, 0.15) is 4.88 Å². The number of hydrogen-bond acceptors (Lipinski definition) is 4. The highest BCUT2D eigenvalue weighted by Gasteiger charge is 2.31. The van der Waals surface area contributed by atoms with Crippen molar-refractivity contribution in [3.63, 3.8) is 0 Å². The van der Waals surface area contributed by atoms with E-state index in [9.17, 15) is 9.59 Å². The van der Waals surface area contributed by atoms with Crippen LogP contribution in [0.2, 0.25) is 0 Å². The van der Waals surface area contributed by atoms with E-state index in [1.165, 1.54) is 6.07 Å². The summed E-state index contributed by atoms with van der Waals surface area (Å²) in [5.74, 6) is -1.20. The number of thiophene rings is 1. The Bertz CT molecular complexity index is 451. The molecule has 5 nitrogen and oxygen atoms in total. The molecular weight excluding hydrogens is 254 g/mol. The Kier molecular flexibility index (Phi) is 3.98. The summed E-state index contributed by atoms with van der Waals surface area (Å²) >= 11 is 0.994. The van der Waals surface area contributed by atoms with Crippen LogP contribution in [0.5, 0.6) is 0 Å². The molecule has 0 aromatic carbocycles. The molecule has 2 rings (SSSR count). The van der Waals surface area contributed by atoms with Crippen LogP contribution in [-0.4, -0.2) is 35.7 Å². The van der Waals surface area contributed by atoms with Gasteiger partial charge in [-0.05, 0) is 31.9 Å². The Morgan fingerprint density at radius 1 is 1.44 bits per heavy atom. The maximum absolute atomic E-state index is 11.8. The molecule has 1 aromatic rings. The van der Waals surface area contributed by atoms with Gasteiger partial charge in [0, 0.05) is 12.6 Å². The highest BCUT2D eigenvalue weighted by molar-refractivity contribution is 7.15. The van der Waals surface area contributed by atoms with Crippen LogP contribution in [0.4, 0.5) is 0 Å². The van der Waals surface area contributed by atoms with E-state index in [4.69, 9.17) is 9.84 Å². The summed E-state index contributed by atoms with van der Waals surface area (Å²) in [4.78, 5) is 23.1. The second kappa shape index (κ2) is 5.49. The molecule has 98 valence electrons. The zero-order valence-electron chi connectivity index (χ0n) is 10.0. The summed E-state index contributed by atoms with van der Waals surface area (Å²) < 4.78 is 5.40. The van der Waals surface area contributed by atoms with Gasteiger partial charge in [0.05, 0.1) is 11.0 Å². The van der Waals surface area contributed by atoms with Crippen molar-refractivity contribution in [1.82, 2.24) is 5.32 Å². The van der Waals surface area contributed by atoms with E-state index in [0.717, 1.165) is 24.2 Å². The van der Waals surface area contributed by atoms with E-state index in [-0.39, 0.29) is 22.9 Å². The van der Waals surface area contributed by atoms with Crippen LogP contribution in [0.15, 0.2) is 12.1 Å². The van der Waals surface area contributed by atoms with Crippen LogP contribution >= 0.6 is 11.3 Å². The molecule has 0 aliphatic heterocycles. The third-order valence-electron chi connectivity index (χ3n) is 2.87. The first kappa shape index (κ1) is 13.0. The molecule has 0 unspecified atom stereocenters. The number of aromatic carboxylic acids is 1. The molecule has 18 heavy (non-hydrogen) atoms. The molecule has 0 atom stereocenters. The average molecular weight is 269 g/mol. The summed E-state index contributed by atoms with van der Waals surface area (Å²) in [6.45, 7) is 2.64. The number of carboxylic acids is 1. The standard InChI is InChI=1S/C12H15NO4S/c1-2-17-8-5-7(6-8)13-11(14)9-3-4-10(18-9)12(15)16/h3-4,7-8H,2,5-6H2,1H3,(H,13,14)(H,15,16). The Balaban J connectivity index is 1.83. The summed E-state index contributed by atoms with van der Waals surface area (Å²) in [6.07, 6.45) is 1.91. The number of carbonyl (C=O) groups is 2. The van der Waals surface area contributed by atoms with Crippen molar-refractivity contribution in [3.05, 3.63) is 21.9 Å². The first-order chi connectivity index (χ1) is 8.60. The van der Waals surface area contributed by atoms with E-state index >= 15 is 0 Å². The largest absolute Gasteiger partial charge is 0.477 e. The second-order valence-corrected chi connectivity index (χ2v) is 5.27. The maximum atomic E-state index is 11.8. The van der Waals surface area contributed by atoms with Gasteiger partial charge in [-0.2, -0.15) is 0 Å². The van der Waals surface area contributed by atoms with Gasteiger partial charge in [0.25, 0.3) is 5.91 Å². The van der Waals surface area contributed by atoms with Crippen LogP contribution in [0, 0.1) is 0 Å². The van der Waals surface area contributed by atoms with Crippen molar-refractivity contribution in [1.29, 1.82) is 0 Å². The molecular formula is C12H15NO4S. The number of carboxylic acid groups (broad SMARTS) is 1. The number of ether oxygens (including phenoxy) is 1. The monoisotopic (exact) mass is 269 g/mol. The molecule has 1 aliphatic carbocycles. The second-order valence-electron chi connectivity index (χ2n) is 4.19. The summed E-state index contributed by atoms with van der Waals surface area (Å²) in [5.41, 5.74) is 0. The Morgan fingerprint density at radius 2 is 2.11 bits per heavy atom. The van der Waals surface area contributed by atoms with Crippen LogP contribution in [0.1, 0.15) is 39.1 Å². The lowest BCUT2D eigenvalue weighted by molar-refractivity contribution is -0.00859. The molecule has 1 saturated carbocycles. The van der Waals surface area contributed by atoms with E-state index in [1.807, 2.05) is 6.92 Å². The van der Waals surface area contributed by atoms with Gasteiger partial charge in [-0.25, -0.2) is 4.79 Å². The zero-order chi connectivity index (χ0) is 13.1. The Labute approximate surface area is 109 Å². The number of amides is 1. The van der Waals surface area contributed by atoms with E-state index in [1.54, 1.807) is 6.07 Å². The fourth-order valence-corrected chi connectivity index (χ4v) is 2.63. The lowest BCUT2D eigenvalue weighted by Gasteiger charge is -2.35. The SMILES string of the molecule is CCOC1CC(NC(=O)c2ccc(C(=O)O)s2)C1. The zero-order valence-corrected chi connectivity index (χ0v) is 10.8. The minimum Gasteiger partial charge on any atom is -0.477 e. The van der Waals surface area contributed by atoms with Gasteiger partial charge < -0.3 is 15.2 Å². The van der Waals surface area contributed by atoms with E-state index < -0.39 is 5.97 Å². The van der Waals surface area contributed by atoms with E-state index in [0.29, 0.717) is 11.5 Å². The summed E-state index contributed by atoms with van der Waals surface area (Å²) in [7, 11) is 0. The van der Waals surface area contributed by atoms with Gasteiger partial charge in [-0.1, -0.05) is 0 Å². The Morgan fingerprint density at radius 3 is 2.67 bits per heavy atom. The normalized spacial score (nSPS) is 22.3. The molecule has 1 heterocycles. The molecule has 0 spiro atoms. The predicted molar refractivity (Wildman–Crippen MR) is 67.2 cm³/mol. The van der Waals surface area contributed by atoms with Crippen LogP contribution in [-0.2, 0) is 4.74 Å². The molecule has 2 N–H and O–H groups in total. The summed E-state index contributed by atoms with van der Waals surface area (Å²) in [5, 5.41) is 11.6. The molecule has 1 amide bonds. The van der Waals surface area contributed by atoms with Crippen molar-refractivity contribution in [2.75, 3.05) is 6.61 Å². The minimum atomic E-state index is -1.00. The number of carbonyl (C=O) groups excluding carboxylic acids is 1. The van der Waals surface area contributed by atoms with Gasteiger partial charge in [-0.3, -0.25) is 4.79 Å². The Hall–Kier alpha value is -1.40. The van der Waals surface area contributed by atoms with Crippen molar-refractivity contribution in [2.24, 2.45) is 0 Å². The average Bonchev–Trinajstić information content (AvgIpc) is 2.75. The van der Waals surface area contributed by atoms with Crippen molar-refractivity contribution in [3.8, 4) is 0 Å². The van der Waals surface area contributed by atoms with Gasteiger partial charge in [0.15, 0.2) is 0 Å². The van der Waals surface area contributed by atoms with Crippen LogP contribution < -0.4 is 5.32 Å². The smallest absolute Gasteiger partial charge is 0.345 e. The summed E-state index contributed by atoms with van der Waals surface area (Å²) in [6, 6.07) is 3.14. The molecule has 0 saturated heterocycles. The lowest BCUT2D eigenvalue weighted by Crippen LogP contribution is -2.47. The fraction of sp³-hybridized carbons (Fsp3) is 0.500. The molecule has 6 heteroatoms. The molecule has 1 fully saturated rings. The third-order valence-corrected chi connectivity index (χ3v) is 3.94. The molecule has 1 aromatic heterocycles. The fourth-order valence-electron chi connectivity index (χ4n) is 1.89. The van der Waals surface area contributed by atoms with Crippen LogP contribution in [0.3, 0.4) is 0 Å². The van der Waals surface area contributed by atoms with Gasteiger partial charge >= 0.3 is 5.97 Å². The molecule has 0 bridgehead atoms. The first-order valence-corrected chi connectivity index (χ1v) is 6.67. The predicted octanol–water partition coefficient (Wildman–Crippen LogP) is 1.74. The highest BCUT2D eigenvalue weighted by atomic mass is 32.1. The number of nitrogens with one attached hydrogen (secondary N) is 1. The van der Waals surface area contributed by atoms with Gasteiger partial charge in [-0.15, -0.1) is 11.3 Å². The molecule has 0 radical (unpaired) electrons. The molecule has 1 aliphatic rings. The minimum absolute atomic E-state index is 0.143. The van der Waals surface area contributed by atoms with E-state index in [2.05, 4.69) is 5.32 Å². The van der Waals surface area contributed by atoms with Gasteiger partial charge in [0.2, 0.25) is 0 Å². The number of hydrogen-bond donors (Lipinski definition) is 2. The van der Waals surface area contributed by atoms with Crippen molar-refractivity contribution in [2.45, 2.75) is 31.9 Å². The van der Waals surface area contributed by atoms with Crippen molar-refractivity contribution >= 4 is 23.2 Å². The lowest BCUT2D eigenvalue weighted by atomic mass is 9.89. The number of rotatable bonds is 5. The topological polar surface area (TPSA) is 75.6 Å². The highest BCUT2D eigenvalue weighted by Crippen LogP contribution is 2.24. The van der Waals surface area contributed by atoms with Crippen molar-refractivity contribution < 1.29 is 19.4 Å². The maximum Gasteiger partial charge on any atom is 0.345 e. The van der Waals surface area contributed by atoms with Crippen LogP contribution in [0.25, 0.3) is 0 Å². The first-order valence-electron chi connectivity index (χ1n) is 5.85.